The maximum Gasteiger partial charge on any atom is 0.238 e. The van der Waals surface area contributed by atoms with Crippen LogP contribution < -0.4 is 11.1 Å². The van der Waals surface area contributed by atoms with Crippen molar-refractivity contribution in [3.63, 3.8) is 0 Å². The highest BCUT2D eigenvalue weighted by Gasteiger charge is 2.15. The van der Waals surface area contributed by atoms with Crippen LogP contribution in [0.5, 0.6) is 0 Å². The third kappa shape index (κ3) is 3.51. The topological polar surface area (TPSA) is 58.4 Å². The molecule has 0 spiro atoms. The van der Waals surface area contributed by atoms with Crippen LogP contribution in [-0.2, 0) is 4.79 Å². The number of nitrogens with two attached hydrogens (primary N) is 1. The van der Waals surface area contributed by atoms with E-state index in [4.69, 9.17) is 18.0 Å². The van der Waals surface area contributed by atoms with Crippen LogP contribution in [-0.4, -0.2) is 35.4 Å². The molecule has 96 valence electrons. The summed E-state index contributed by atoms with van der Waals surface area (Å²) in [4.78, 5) is 14.3. The van der Waals surface area contributed by atoms with E-state index in [1.54, 1.807) is 6.07 Å². The minimum atomic E-state index is 0.0111. The first kappa shape index (κ1) is 13.0. The summed E-state index contributed by atoms with van der Waals surface area (Å²) in [5.41, 5.74) is 7.06. The lowest BCUT2D eigenvalue weighted by Gasteiger charge is -2.14. The zero-order valence-corrected chi connectivity index (χ0v) is 11.0. The van der Waals surface area contributed by atoms with Crippen LogP contribution in [0.2, 0.25) is 0 Å². The molecular weight excluding hydrogens is 246 g/mol. The molecule has 4 nitrogen and oxygen atoms in total. The van der Waals surface area contributed by atoms with Gasteiger partial charge in [0, 0.05) is 11.3 Å². The molecule has 0 saturated carbocycles. The van der Waals surface area contributed by atoms with Crippen molar-refractivity contribution in [3.05, 3.63) is 29.8 Å². The molecule has 0 aromatic heterocycles. The lowest BCUT2D eigenvalue weighted by molar-refractivity contribution is -0.117. The van der Waals surface area contributed by atoms with Crippen LogP contribution in [0.3, 0.4) is 0 Å². The maximum absolute atomic E-state index is 11.8. The minimum Gasteiger partial charge on any atom is -0.389 e. The second-order valence-electron chi connectivity index (χ2n) is 4.48. The van der Waals surface area contributed by atoms with E-state index in [1.807, 2.05) is 18.2 Å². The molecule has 1 aliphatic heterocycles. The molecule has 1 aromatic rings. The molecule has 0 bridgehead atoms. The van der Waals surface area contributed by atoms with Crippen molar-refractivity contribution >= 4 is 28.8 Å². The molecule has 1 amide bonds. The third-order valence-corrected chi connectivity index (χ3v) is 3.23. The fourth-order valence-corrected chi connectivity index (χ4v) is 2.22. The summed E-state index contributed by atoms with van der Waals surface area (Å²) >= 11 is 4.91. The molecule has 1 aromatic carbocycles. The summed E-state index contributed by atoms with van der Waals surface area (Å²) in [7, 11) is 0. The zero-order valence-electron chi connectivity index (χ0n) is 10.2. The number of likely N-dealkylation sites (tertiary alicyclic amines) is 1. The third-order valence-electron chi connectivity index (χ3n) is 3.00. The number of carbonyl (C=O) groups is 1. The number of nitrogens with zero attached hydrogens (tertiary/aromatic N) is 1. The molecule has 5 heteroatoms. The van der Waals surface area contributed by atoms with Crippen LogP contribution >= 0.6 is 12.2 Å². The van der Waals surface area contributed by atoms with Gasteiger partial charge in [0.15, 0.2) is 0 Å². The van der Waals surface area contributed by atoms with Crippen molar-refractivity contribution in [1.29, 1.82) is 0 Å². The molecule has 1 saturated heterocycles. The average molecular weight is 263 g/mol. The summed E-state index contributed by atoms with van der Waals surface area (Å²) in [5.74, 6) is 0.0111. The van der Waals surface area contributed by atoms with E-state index in [9.17, 15) is 4.79 Å². The normalized spacial score (nSPS) is 15.6. The Morgan fingerprint density at radius 3 is 2.78 bits per heavy atom. The predicted molar refractivity (Wildman–Crippen MR) is 76.6 cm³/mol. The molecule has 3 N–H and O–H groups in total. The van der Waals surface area contributed by atoms with Crippen LogP contribution in [0.25, 0.3) is 0 Å². The van der Waals surface area contributed by atoms with E-state index < -0.39 is 0 Å². The Morgan fingerprint density at radius 1 is 1.39 bits per heavy atom. The Balaban J connectivity index is 1.93. The van der Waals surface area contributed by atoms with Crippen molar-refractivity contribution in [2.75, 3.05) is 25.0 Å². The van der Waals surface area contributed by atoms with E-state index in [0.29, 0.717) is 11.5 Å². The number of hydrogen-bond donors (Lipinski definition) is 2. The highest BCUT2D eigenvalue weighted by Crippen LogP contribution is 2.11. The maximum atomic E-state index is 11.8. The van der Waals surface area contributed by atoms with Gasteiger partial charge in [-0.15, -0.1) is 0 Å². The fourth-order valence-electron chi connectivity index (χ4n) is 2.09. The van der Waals surface area contributed by atoms with Gasteiger partial charge in [-0.2, -0.15) is 0 Å². The molecule has 18 heavy (non-hydrogen) atoms. The van der Waals surface area contributed by atoms with E-state index in [-0.39, 0.29) is 5.91 Å². The van der Waals surface area contributed by atoms with Crippen molar-refractivity contribution in [2.45, 2.75) is 12.8 Å². The number of rotatable bonds is 4. The van der Waals surface area contributed by atoms with E-state index >= 15 is 0 Å². The van der Waals surface area contributed by atoms with Crippen molar-refractivity contribution in [3.8, 4) is 0 Å². The van der Waals surface area contributed by atoms with Gasteiger partial charge in [0.25, 0.3) is 0 Å². The van der Waals surface area contributed by atoms with Gasteiger partial charge in [-0.1, -0.05) is 24.4 Å². The van der Waals surface area contributed by atoms with Gasteiger partial charge in [0.05, 0.1) is 6.54 Å². The average Bonchev–Trinajstić information content (AvgIpc) is 2.82. The minimum absolute atomic E-state index is 0.0111. The first-order valence-electron chi connectivity index (χ1n) is 6.07. The molecular formula is C13H17N3OS. The number of anilines is 1. The van der Waals surface area contributed by atoms with E-state index in [2.05, 4.69) is 10.2 Å². The highest BCUT2D eigenvalue weighted by atomic mass is 32.1. The Hall–Kier alpha value is -1.46. The number of nitrogens with one attached hydrogen (secondary N) is 1. The van der Waals surface area contributed by atoms with Crippen LogP contribution in [0.15, 0.2) is 24.3 Å². The Labute approximate surface area is 112 Å². The van der Waals surface area contributed by atoms with Crippen molar-refractivity contribution in [1.82, 2.24) is 4.90 Å². The second-order valence-corrected chi connectivity index (χ2v) is 4.92. The molecule has 1 fully saturated rings. The molecule has 0 aliphatic carbocycles. The lowest BCUT2D eigenvalue weighted by atomic mass is 10.2. The standard InChI is InChI=1S/C13H17N3OS/c14-13(18)10-4-3-5-11(8-10)15-12(17)9-16-6-1-2-7-16/h3-5,8H,1-2,6-7,9H2,(H2,14,18)(H,15,17). The van der Waals surface area contributed by atoms with Crippen LogP contribution in [0.4, 0.5) is 5.69 Å². The number of carbonyl (C=O) groups excluding carboxylic acids is 1. The van der Waals surface area contributed by atoms with Crippen LogP contribution in [0.1, 0.15) is 18.4 Å². The number of hydrogen-bond acceptors (Lipinski definition) is 3. The van der Waals surface area contributed by atoms with Gasteiger partial charge < -0.3 is 11.1 Å². The summed E-state index contributed by atoms with van der Waals surface area (Å²) in [6.07, 6.45) is 2.37. The Morgan fingerprint density at radius 2 is 2.11 bits per heavy atom. The molecule has 2 rings (SSSR count). The van der Waals surface area contributed by atoms with Crippen molar-refractivity contribution in [2.24, 2.45) is 5.73 Å². The first-order valence-corrected chi connectivity index (χ1v) is 6.48. The quantitative estimate of drug-likeness (QED) is 0.805. The highest BCUT2D eigenvalue weighted by molar-refractivity contribution is 7.80. The van der Waals surface area contributed by atoms with Gasteiger partial charge in [-0.25, -0.2) is 0 Å². The fraction of sp³-hybridized carbons (Fsp3) is 0.385. The van der Waals surface area contributed by atoms with Crippen LogP contribution in [0, 0.1) is 0 Å². The van der Waals surface area contributed by atoms with E-state index in [1.165, 1.54) is 12.8 Å². The molecule has 1 heterocycles. The lowest BCUT2D eigenvalue weighted by Crippen LogP contribution is -2.30. The van der Waals surface area contributed by atoms with Gasteiger partial charge in [-0.05, 0) is 38.1 Å². The van der Waals surface area contributed by atoms with Gasteiger partial charge in [0.1, 0.15) is 4.99 Å². The summed E-state index contributed by atoms with van der Waals surface area (Å²) in [5, 5.41) is 2.87. The smallest absolute Gasteiger partial charge is 0.238 e. The summed E-state index contributed by atoms with van der Waals surface area (Å²) in [6, 6.07) is 7.30. The molecule has 0 unspecified atom stereocenters. The van der Waals surface area contributed by atoms with Gasteiger partial charge >= 0.3 is 0 Å². The molecule has 1 aliphatic rings. The summed E-state index contributed by atoms with van der Waals surface area (Å²) in [6.45, 7) is 2.48. The summed E-state index contributed by atoms with van der Waals surface area (Å²) < 4.78 is 0. The number of benzene rings is 1. The largest absolute Gasteiger partial charge is 0.389 e. The van der Waals surface area contributed by atoms with Crippen molar-refractivity contribution < 1.29 is 4.79 Å². The predicted octanol–water partition coefficient (Wildman–Crippen LogP) is 1.36. The Kier molecular flexibility index (Phi) is 4.28. The van der Waals surface area contributed by atoms with Gasteiger partial charge in [0.2, 0.25) is 5.91 Å². The molecule has 0 atom stereocenters. The van der Waals surface area contributed by atoms with Gasteiger partial charge in [-0.3, -0.25) is 9.69 Å². The monoisotopic (exact) mass is 263 g/mol. The second kappa shape index (κ2) is 5.93. The van der Waals surface area contributed by atoms with E-state index in [0.717, 1.165) is 24.3 Å². The number of thiocarbonyl (C=S) groups is 1. The molecule has 0 radical (unpaired) electrons. The Bertz CT molecular complexity index is 455. The first-order chi connectivity index (χ1) is 8.65. The zero-order chi connectivity index (χ0) is 13.0. The SMILES string of the molecule is NC(=S)c1cccc(NC(=O)CN2CCCC2)c1. The number of amides is 1.